The van der Waals surface area contributed by atoms with Crippen molar-refractivity contribution >= 4 is 21.9 Å². The van der Waals surface area contributed by atoms with Crippen molar-refractivity contribution in [3.8, 4) is 5.75 Å². The van der Waals surface area contributed by atoms with Gasteiger partial charge in [-0.3, -0.25) is 4.79 Å². The van der Waals surface area contributed by atoms with Crippen LogP contribution >= 0.6 is 15.9 Å². The second-order valence-electron chi connectivity index (χ2n) is 2.83. The summed E-state index contributed by atoms with van der Waals surface area (Å²) >= 11 is 3.14. The highest BCUT2D eigenvalue weighted by Gasteiger charge is 2.13. The van der Waals surface area contributed by atoms with Crippen molar-refractivity contribution in [2.45, 2.75) is 6.04 Å². The number of carbonyl (C=O) groups is 1. The molecule has 0 amide bonds. The van der Waals surface area contributed by atoms with Gasteiger partial charge in [-0.15, -0.1) is 0 Å². The molecule has 0 bridgehead atoms. The van der Waals surface area contributed by atoms with Crippen LogP contribution in [-0.2, 0) is 4.79 Å². The van der Waals surface area contributed by atoms with E-state index in [-0.39, 0.29) is 12.4 Å². The van der Waals surface area contributed by atoms with Gasteiger partial charge in [-0.2, -0.15) is 0 Å². The molecule has 1 rings (SSSR count). The first-order valence-electron chi connectivity index (χ1n) is 4.07. The van der Waals surface area contributed by atoms with Gasteiger partial charge in [0, 0.05) is 4.47 Å². The summed E-state index contributed by atoms with van der Waals surface area (Å²) < 4.78 is 18.7. The quantitative estimate of drug-likeness (QED) is 0.872. The molecule has 0 fully saturated rings. The fourth-order valence-electron chi connectivity index (χ4n) is 0.839. The van der Waals surface area contributed by atoms with E-state index in [0.29, 0.717) is 4.47 Å². The van der Waals surface area contributed by atoms with Gasteiger partial charge in [0.05, 0.1) is 0 Å². The fourth-order valence-corrected chi connectivity index (χ4v) is 1.18. The highest BCUT2D eigenvalue weighted by Crippen LogP contribution is 2.22. The van der Waals surface area contributed by atoms with Crippen molar-refractivity contribution in [1.29, 1.82) is 0 Å². The number of nitrogens with two attached hydrogens (primary N) is 1. The molecule has 0 radical (unpaired) electrons. The Balaban J connectivity index is 2.65. The van der Waals surface area contributed by atoms with Crippen molar-refractivity contribution in [3.63, 3.8) is 0 Å². The molecule has 0 heterocycles. The number of halogens is 2. The summed E-state index contributed by atoms with van der Waals surface area (Å²) in [5.74, 6) is -1.78. The summed E-state index contributed by atoms with van der Waals surface area (Å²) in [7, 11) is 0. The minimum absolute atomic E-state index is 0.0268. The fraction of sp³-hybridized carbons (Fsp3) is 0.222. The van der Waals surface area contributed by atoms with Gasteiger partial charge in [0.15, 0.2) is 11.6 Å². The summed E-state index contributed by atoms with van der Waals surface area (Å²) in [6, 6.07) is 2.97. The molecule has 1 aromatic rings. The van der Waals surface area contributed by atoms with Gasteiger partial charge in [0.25, 0.3) is 0 Å². The molecule has 0 aliphatic heterocycles. The van der Waals surface area contributed by atoms with E-state index in [0.717, 1.165) is 0 Å². The molecule has 4 nitrogen and oxygen atoms in total. The van der Waals surface area contributed by atoms with Crippen LogP contribution < -0.4 is 10.5 Å². The van der Waals surface area contributed by atoms with E-state index >= 15 is 0 Å². The summed E-state index contributed by atoms with van der Waals surface area (Å²) in [4.78, 5) is 10.4. The van der Waals surface area contributed by atoms with Crippen LogP contribution in [0.5, 0.6) is 5.75 Å². The largest absolute Gasteiger partial charge is 0.488 e. The Morgan fingerprint density at radius 2 is 2.33 bits per heavy atom. The maximum atomic E-state index is 13.1. The van der Waals surface area contributed by atoms with Gasteiger partial charge in [-0.05, 0) is 18.2 Å². The number of aliphatic carboxylic acids is 1. The molecule has 0 spiro atoms. The first-order valence-corrected chi connectivity index (χ1v) is 4.86. The average molecular weight is 278 g/mol. The van der Waals surface area contributed by atoms with E-state index in [9.17, 15) is 9.18 Å². The van der Waals surface area contributed by atoms with Gasteiger partial charge in [-0.25, -0.2) is 4.39 Å². The molecule has 15 heavy (non-hydrogen) atoms. The van der Waals surface area contributed by atoms with Crippen LogP contribution in [0, 0.1) is 5.82 Å². The van der Waals surface area contributed by atoms with Crippen molar-refractivity contribution in [2.75, 3.05) is 6.61 Å². The van der Waals surface area contributed by atoms with Gasteiger partial charge in [0.2, 0.25) is 0 Å². The Morgan fingerprint density at radius 1 is 1.67 bits per heavy atom. The molecule has 3 N–H and O–H groups in total. The lowest BCUT2D eigenvalue weighted by Crippen LogP contribution is -2.36. The Morgan fingerprint density at radius 3 is 2.93 bits per heavy atom. The first-order chi connectivity index (χ1) is 7.00. The molecule has 0 saturated heterocycles. The number of carboxylic acid groups (broad SMARTS) is 1. The number of rotatable bonds is 4. The number of carboxylic acids is 1. The number of hydrogen-bond acceptors (Lipinski definition) is 3. The molecule has 1 unspecified atom stereocenters. The van der Waals surface area contributed by atoms with Crippen molar-refractivity contribution in [1.82, 2.24) is 0 Å². The molecular formula is C9H9BrFNO3. The minimum atomic E-state index is -1.19. The smallest absolute Gasteiger partial charge is 0.324 e. The topological polar surface area (TPSA) is 72.5 Å². The van der Waals surface area contributed by atoms with Crippen LogP contribution in [0.2, 0.25) is 0 Å². The Kier molecular flexibility index (Phi) is 4.05. The Bertz CT molecular complexity index is 372. The maximum absolute atomic E-state index is 13.1. The van der Waals surface area contributed by atoms with Crippen LogP contribution in [0.25, 0.3) is 0 Å². The summed E-state index contributed by atoms with van der Waals surface area (Å²) in [5.41, 5.74) is 5.19. The van der Waals surface area contributed by atoms with E-state index in [1.165, 1.54) is 18.2 Å². The zero-order chi connectivity index (χ0) is 11.4. The van der Waals surface area contributed by atoms with Crippen molar-refractivity contribution < 1.29 is 19.0 Å². The number of benzene rings is 1. The molecule has 0 saturated carbocycles. The molecule has 0 aromatic heterocycles. The highest BCUT2D eigenvalue weighted by atomic mass is 79.9. The van der Waals surface area contributed by atoms with Crippen molar-refractivity contribution in [2.24, 2.45) is 5.73 Å². The van der Waals surface area contributed by atoms with Gasteiger partial charge in [0.1, 0.15) is 12.6 Å². The van der Waals surface area contributed by atoms with Gasteiger partial charge in [-0.1, -0.05) is 15.9 Å². The lowest BCUT2D eigenvalue weighted by molar-refractivity contribution is -0.139. The highest BCUT2D eigenvalue weighted by molar-refractivity contribution is 9.10. The van der Waals surface area contributed by atoms with Gasteiger partial charge >= 0.3 is 5.97 Å². The summed E-state index contributed by atoms with van der Waals surface area (Å²) in [6.45, 7) is -0.275. The Labute approximate surface area is 94.0 Å². The molecule has 82 valence electrons. The molecule has 6 heteroatoms. The number of ether oxygens (including phenoxy) is 1. The summed E-state index contributed by atoms with van der Waals surface area (Å²) in [6.07, 6.45) is 0. The minimum Gasteiger partial charge on any atom is -0.488 e. The average Bonchev–Trinajstić information content (AvgIpc) is 2.18. The third-order valence-corrected chi connectivity index (χ3v) is 2.12. The monoisotopic (exact) mass is 277 g/mol. The normalized spacial score (nSPS) is 12.2. The molecule has 1 aromatic carbocycles. The van der Waals surface area contributed by atoms with Crippen LogP contribution in [0.4, 0.5) is 4.39 Å². The summed E-state index contributed by atoms with van der Waals surface area (Å²) in [5, 5.41) is 8.48. The van der Waals surface area contributed by atoms with Crippen LogP contribution in [-0.4, -0.2) is 23.7 Å². The second kappa shape index (κ2) is 5.09. The van der Waals surface area contributed by atoms with E-state index in [2.05, 4.69) is 15.9 Å². The third kappa shape index (κ3) is 3.49. The predicted molar refractivity (Wildman–Crippen MR) is 55.2 cm³/mol. The van der Waals surface area contributed by atoms with E-state index in [1.807, 2.05) is 0 Å². The van der Waals surface area contributed by atoms with E-state index in [1.54, 1.807) is 0 Å². The standard InChI is InChI=1S/C9H9BrFNO3/c10-5-1-2-6(11)8(3-5)15-4-7(12)9(13)14/h1-3,7H,4,12H2,(H,13,14). The van der Waals surface area contributed by atoms with Gasteiger partial charge < -0.3 is 15.6 Å². The predicted octanol–water partition coefficient (Wildman–Crippen LogP) is 1.38. The zero-order valence-corrected chi connectivity index (χ0v) is 9.20. The first kappa shape index (κ1) is 11.9. The third-order valence-electron chi connectivity index (χ3n) is 1.63. The SMILES string of the molecule is NC(COc1cc(Br)ccc1F)C(=O)O. The molecule has 0 aliphatic rings. The van der Waals surface area contributed by atoms with Crippen LogP contribution in [0.1, 0.15) is 0 Å². The van der Waals surface area contributed by atoms with Crippen LogP contribution in [0.15, 0.2) is 22.7 Å². The molecule has 1 atom stereocenters. The molecule has 0 aliphatic carbocycles. The second-order valence-corrected chi connectivity index (χ2v) is 3.75. The van der Waals surface area contributed by atoms with Crippen LogP contribution in [0.3, 0.4) is 0 Å². The molecular weight excluding hydrogens is 269 g/mol. The van der Waals surface area contributed by atoms with Crippen molar-refractivity contribution in [3.05, 3.63) is 28.5 Å². The number of hydrogen-bond donors (Lipinski definition) is 2. The zero-order valence-electron chi connectivity index (χ0n) is 7.61. The maximum Gasteiger partial charge on any atom is 0.324 e. The lowest BCUT2D eigenvalue weighted by Gasteiger charge is -2.10. The Hall–Kier alpha value is -1.14. The lowest BCUT2D eigenvalue weighted by atomic mass is 10.3. The van der Waals surface area contributed by atoms with E-state index < -0.39 is 17.8 Å². The van der Waals surface area contributed by atoms with E-state index in [4.69, 9.17) is 15.6 Å².